The number of hydrogen-bond acceptors (Lipinski definition) is 7. The average molecular weight is 613 g/mol. The highest BCUT2D eigenvalue weighted by Gasteiger charge is 2.57. The van der Waals surface area contributed by atoms with E-state index in [0.29, 0.717) is 16.4 Å². The molecular formula is C26H18BrN3O4S3. The molecule has 1 fully saturated rings. The van der Waals surface area contributed by atoms with E-state index in [9.17, 15) is 19.2 Å². The van der Waals surface area contributed by atoms with Gasteiger partial charge in [-0.15, -0.1) is 11.3 Å². The number of amides is 3. The molecule has 3 amide bonds. The number of nitrogens with one attached hydrogen (secondary N) is 1. The first-order valence-electron chi connectivity index (χ1n) is 11.3. The normalized spacial score (nSPS) is 20.6. The van der Waals surface area contributed by atoms with Crippen LogP contribution >= 0.6 is 50.4 Å². The maximum atomic E-state index is 13.8. The summed E-state index contributed by atoms with van der Waals surface area (Å²) in [5.41, 5.74) is 1.15. The van der Waals surface area contributed by atoms with Gasteiger partial charge in [0.05, 0.1) is 16.6 Å². The first kappa shape index (κ1) is 24.4. The van der Waals surface area contributed by atoms with Crippen LogP contribution in [0.3, 0.4) is 0 Å². The Labute approximate surface area is 232 Å². The molecule has 0 aliphatic carbocycles. The molecule has 2 aromatic heterocycles. The van der Waals surface area contributed by atoms with E-state index in [1.54, 1.807) is 36.4 Å². The standard InChI is InChI=1S/C26H18BrN3O4S3/c27-14-8-10-16(11-9-14)30-23(32)20-19(17-7-4-12-35-17)22-25(36-21(20)24(30)33)29(26(34)37-22)13-18(31)28-15-5-2-1-3-6-15/h1-12,19-21H,13H2,(H,28,31)/t19-,20-,21+/m0/s1. The SMILES string of the molecule is O=C(Cn1c2c(sc1=O)[C@@H](c1cccs1)[C@@H]1C(=O)N(c3ccc(Br)cc3)C(=O)[C@@H]1S2)Nc1ccccc1. The Bertz CT molecular complexity index is 1560. The number of thiazole rings is 1. The lowest BCUT2D eigenvalue weighted by Gasteiger charge is -2.29. The summed E-state index contributed by atoms with van der Waals surface area (Å²) in [7, 11) is 0. The van der Waals surface area contributed by atoms with Crippen molar-refractivity contribution < 1.29 is 14.4 Å². The number of thiophene rings is 1. The van der Waals surface area contributed by atoms with Gasteiger partial charge in [0.1, 0.15) is 11.8 Å². The smallest absolute Gasteiger partial charge is 0.308 e. The number of anilines is 2. The molecule has 2 aromatic carbocycles. The van der Waals surface area contributed by atoms with Gasteiger partial charge in [-0.1, -0.05) is 63.3 Å². The summed E-state index contributed by atoms with van der Waals surface area (Å²) < 4.78 is 2.28. The predicted molar refractivity (Wildman–Crippen MR) is 150 cm³/mol. The molecular weight excluding hydrogens is 594 g/mol. The number of rotatable bonds is 5. The van der Waals surface area contributed by atoms with Crippen LogP contribution in [0.2, 0.25) is 0 Å². The number of aromatic nitrogens is 1. The van der Waals surface area contributed by atoms with Gasteiger partial charge in [-0.2, -0.15) is 0 Å². The lowest BCUT2D eigenvalue weighted by atomic mass is 9.87. The number of halogens is 1. The number of para-hydroxylation sites is 1. The second-order valence-corrected chi connectivity index (χ2v) is 12.6. The van der Waals surface area contributed by atoms with Crippen LogP contribution < -0.4 is 15.1 Å². The number of thioether (sulfide) groups is 1. The highest BCUT2D eigenvalue weighted by atomic mass is 79.9. The lowest BCUT2D eigenvalue weighted by molar-refractivity contribution is -0.122. The second kappa shape index (κ2) is 9.71. The number of benzene rings is 2. The zero-order chi connectivity index (χ0) is 25.7. The predicted octanol–water partition coefficient (Wildman–Crippen LogP) is 5.17. The Kier molecular flexibility index (Phi) is 6.39. The molecule has 4 aromatic rings. The Morgan fingerprint density at radius 2 is 1.70 bits per heavy atom. The van der Waals surface area contributed by atoms with E-state index >= 15 is 0 Å². The fourth-order valence-electron chi connectivity index (χ4n) is 4.74. The quantitative estimate of drug-likeness (QED) is 0.315. The number of nitrogens with zero attached hydrogens (tertiary/aromatic N) is 2. The number of hydrogen-bond donors (Lipinski definition) is 1. The van der Waals surface area contributed by atoms with E-state index in [1.165, 1.54) is 32.6 Å². The molecule has 0 radical (unpaired) electrons. The molecule has 1 N–H and O–H groups in total. The van der Waals surface area contributed by atoms with Crippen molar-refractivity contribution in [2.75, 3.05) is 10.2 Å². The van der Waals surface area contributed by atoms with Gasteiger partial charge >= 0.3 is 4.87 Å². The molecule has 37 heavy (non-hydrogen) atoms. The van der Waals surface area contributed by atoms with Gasteiger partial charge in [-0.25, -0.2) is 4.90 Å². The van der Waals surface area contributed by atoms with E-state index in [-0.39, 0.29) is 29.1 Å². The van der Waals surface area contributed by atoms with Crippen LogP contribution in [0.25, 0.3) is 0 Å². The summed E-state index contributed by atoms with van der Waals surface area (Å²) in [5, 5.41) is 4.62. The van der Waals surface area contributed by atoms with Gasteiger partial charge in [0.25, 0.3) is 0 Å². The van der Waals surface area contributed by atoms with Crippen molar-refractivity contribution in [1.82, 2.24) is 4.57 Å². The van der Waals surface area contributed by atoms with Gasteiger partial charge in [-0.3, -0.25) is 23.7 Å². The molecule has 11 heteroatoms. The van der Waals surface area contributed by atoms with Gasteiger partial charge < -0.3 is 5.32 Å². The fourth-order valence-corrected chi connectivity index (χ4v) is 8.73. The fraction of sp³-hybridized carbons (Fsp3) is 0.154. The van der Waals surface area contributed by atoms with Gasteiger partial charge in [0, 0.05) is 25.8 Å². The Balaban J connectivity index is 1.39. The van der Waals surface area contributed by atoms with Crippen molar-refractivity contribution in [3.05, 3.63) is 96.0 Å². The maximum absolute atomic E-state index is 13.8. The largest absolute Gasteiger partial charge is 0.325 e. The van der Waals surface area contributed by atoms with Crippen LogP contribution in [0, 0.1) is 5.92 Å². The van der Waals surface area contributed by atoms with E-state index in [4.69, 9.17) is 0 Å². The number of imide groups is 1. The first-order valence-corrected chi connectivity index (χ1v) is 14.7. The van der Waals surface area contributed by atoms with E-state index in [1.807, 2.05) is 35.7 Å². The lowest BCUT2D eigenvalue weighted by Crippen LogP contribution is -2.32. The molecule has 186 valence electrons. The van der Waals surface area contributed by atoms with E-state index in [0.717, 1.165) is 25.6 Å². The molecule has 2 aliphatic rings. The number of fused-ring (bicyclic) bond motifs is 2. The summed E-state index contributed by atoms with van der Waals surface area (Å²) in [6.45, 7) is -0.181. The molecule has 0 spiro atoms. The van der Waals surface area contributed by atoms with Gasteiger partial charge in [-0.05, 0) is 47.8 Å². The Morgan fingerprint density at radius 3 is 2.41 bits per heavy atom. The van der Waals surface area contributed by atoms with Crippen LogP contribution in [-0.2, 0) is 20.9 Å². The molecule has 0 unspecified atom stereocenters. The van der Waals surface area contributed by atoms with Gasteiger partial charge in [0.2, 0.25) is 17.7 Å². The summed E-state index contributed by atoms with van der Waals surface area (Å²) in [6.07, 6.45) is 0. The van der Waals surface area contributed by atoms with Crippen molar-refractivity contribution in [3.8, 4) is 0 Å². The summed E-state index contributed by atoms with van der Waals surface area (Å²) in [5.74, 6) is -2.00. The summed E-state index contributed by atoms with van der Waals surface area (Å²) in [4.78, 5) is 56.0. The molecule has 7 nitrogen and oxygen atoms in total. The Morgan fingerprint density at radius 1 is 0.946 bits per heavy atom. The molecule has 1 saturated heterocycles. The van der Waals surface area contributed by atoms with Crippen LogP contribution in [0.4, 0.5) is 11.4 Å². The average Bonchev–Trinajstić information content (AvgIpc) is 3.58. The molecule has 0 saturated carbocycles. The zero-order valence-electron chi connectivity index (χ0n) is 19.0. The minimum atomic E-state index is -0.701. The molecule has 4 heterocycles. The van der Waals surface area contributed by atoms with Crippen molar-refractivity contribution >= 4 is 79.5 Å². The molecule has 2 aliphatic heterocycles. The maximum Gasteiger partial charge on any atom is 0.308 e. The van der Waals surface area contributed by atoms with Crippen LogP contribution in [0.5, 0.6) is 0 Å². The van der Waals surface area contributed by atoms with Crippen molar-refractivity contribution in [1.29, 1.82) is 0 Å². The highest BCUT2D eigenvalue weighted by Crippen LogP contribution is 2.54. The minimum Gasteiger partial charge on any atom is -0.325 e. The third-order valence-electron chi connectivity index (χ3n) is 6.34. The van der Waals surface area contributed by atoms with E-state index in [2.05, 4.69) is 21.2 Å². The van der Waals surface area contributed by atoms with Crippen molar-refractivity contribution in [3.63, 3.8) is 0 Å². The number of carbonyl (C=O) groups excluding carboxylic acids is 3. The van der Waals surface area contributed by atoms with Crippen LogP contribution in [0.1, 0.15) is 15.7 Å². The third-order valence-corrected chi connectivity index (χ3v) is 10.4. The minimum absolute atomic E-state index is 0.181. The highest BCUT2D eigenvalue weighted by molar-refractivity contribution is 9.10. The van der Waals surface area contributed by atoms with Gasteiger partial charge in [0.15, 0.2) is 0 Å². The molecule has 3 atom stereocenters. The van der Waals surface area contributed by atoms with Crippen molar-refractivity contribution in [2.24, 2.45) is 5.92 Å². The third kappa shape index (κ3) is 4.29. The monoisotopic (exact) mass is 611 g/mol. The zero-order valence-corrected chi connectivity index (χ0v) is 23.0. The first-order chi connectivity index (χ1) is 17.9. The summed E-state index contributed by atoms with van der Waals surface area (Å²) >= 11 is 7.15. The molecule has 6 rings (SSSR count). The van der Waals surface area contributed by atoms with Crippen LogP contribution in [-0.4, -0.2) is 27.5 Å². The van der Waals surface area contributed by atoms with Crippen molar-refractivity contribution in [2.45, 2.75) is 22.7 Å². The molecule has 0 bridgehead atoms. The summed E-state index contributed by atoms with van der Waals surface area (Å²) in [6, 6.07) is 19.9. The Hall–Kier alpha value is -2.99. The topological polar surface area (TPSA) is 88.5 Å². The number of carbonyl (C=O) groups is 3. The van der Waals surface area contributed by atoms with E-state index < -0.39 is 17.1 Å². The second-order valence-electron chi connectivity index (χ2n) is 8.58. The van der Waals surface area contributed by atoms with Crippen LogP contribution in [0.15, 0.2) is 86.4 Å².